The van der Waals surface area contributed by atoms with Crippen molar-refractivity contribution in [1.29, 1.82) is 0 Å². The lowest BCUT2D eigenvalue weighted by Gasteiger charge is -2.43. The lowest BCUT2D eigenvalue weighted by molar-refractivity contribution is -0.299. The molecule has 2 rings (SSSR count). The standard InChI is InChI=1S/C23H25FO12/c1-11(25)31-10-18-19(32-12(2)26)20(33-13(3)27)21(34-14(4)28)23(36-18)35-17(22(29)30)9-15-7-5-6-8-16(15)24/h5-9,18-21,23H,10H2,1-4H3,(H,29,30)/b17-9-/t18-,19+,20+,21-,23-/m0/s1. The molecule has 196 valence electrons. The van der Waals surface area contributed by atoms with Gasteiger partial charge in [0.1, 0.15) is 18.5 Å². The van der Waals surface area contributed by atoms with Crippen LogP contribution in [0.25, 0.3) is 6.08 Å². The van der Waals surface area contributed by atoms with Crippen LogP contribution in [0.15, 0.2) is 30.0 Å². The van der Waals surface area contributed by atoms with Gasteiger partial charge in [0, 0.05) is 33.3 Å². The van der Waals surface area contributed by atoms with Gasteiger partial charge in [-0.2, -0.15) is 0 Å². The van der Waals surface area contributed by atoms with Crippen molar-refractivity contribution in [2.45, 2.75) is 58.4 Å². The molecule has 1 fully saturated rings. The fourth-order valence-electron chi connectivity index (χ4n) is 3.29. The number of esters is 4. The highest BCUT2D eigenvalue weighted by molar-refractivity contribution is 5.90. The molecule has 0 radical (unpaired) electrons. The molecule has 1 aliphatic heterocycles. The van der Waals surface area contributed by atoms with Gasteiger partial charge in [0.05, 0.1) is 0 Å². The number of carboxylic acids is 1. The highest BCUT2D eigenvalue weighted by atomic mass is 19.1. The zero-order chi connectivity index (χ0) is 27.0. The Balaban J connectivity index is 2.55. The fourth-order valence-corrected chi connectivity index (χ4v) is 3.29. The van der Waals surface area contributed by atoms with Gasteiger partial charge >= 0.3 is 29.8 Å². The van der Waals surface area contributed by atoms with Crippen LogP contribution in [0.3, 0.4) is 0 Å². The molecule has 0 spiro atoms. The topological polar surface area (TPSA) is 161 Å². The molecule has 36 heavy (non-hydrogen) atoms. The zero-order valence-corrected chi connectivity index (χ0v) is 19.8. The molecule has 1 aliphatic rings. The zero-order valence-electron chi connectivity index (χ0n) is 19.8. The lowest BCUT2D eigenvalue weighted by atomic mass is 9.98. The van der Waals surface area contributed by atoms with E-state index >= 15 is 0 Å². The van der Waals surface area contributed by atoms with Crippen molar-refractivity contribution >= 4 is 35.9 Å². The number of carbonyl (C=O) groups excluding carboxylic acids is 4. The predicted molar refractivity (Wildman–Crippen MR) is 115 cm³/mol. The Labute approximate surface area is 204 Å². The van der Waals surface area contributed by atoms with Gasteiger partial charge in [-0.25, -0.2) is 9.18 Å². The molecule has 1 heterocycles. The predicted octanol–water partition coefficient (Wildman–Crippen LogP) is 1.35. The highest BCUT2D eigenvalue weighted by Crippen LogP contribution is 2.31. The van der Waals surface area contributed by atoms with Crippen LogP contribution in [-0.4, -0.2) is 72.3 Å². The Morgan fingerprint density at radius 2 is 1.42 bits per heavy atom. The van der Waals surface area contributed by atoms with Gasteiger partial charge in [0.15, 0.2) is 12.2 Å². The molecule has 1 N–H and O–H groups in total. The van der Waals surface area contributed by atoms with Crippen LogP contribution in [0.4, 0.5) is 4.39 Å². The van der Waals surface area contributed by atoms with Crippen LogP contribution >= 0.6 is 0 Å². The molecule has 13 heteroatoms. The van der Waals surface area contributed by atoms with Gasteiger partial charge in [0.2, 0.25) is 18.2 Å². The van der Waals surface area contributed by atoms with Crippen molar-refractivity contribution in [3.63, 3.8) is 0 Å². The van der Waals surface area contributed by atoms with E-state index in [1.54, 1.807) is 0 Å². The monoisotopic (exact) mass is 512 g/mol. The van der Waals surface area contributed by atoms with Crippen LogP contribution in [0.5, 0.6) is 0 Å². The van der Waals surface area contributed by atoms with Crippen LogP contribution in [0.1, 0.15) is 33.3 Å². The van der Waals surface area contributed by atoms with Crippen molar-refractivity contribution in [2.24, 2.45) is 0 Å². The average Bonchev–Trinajstić information content (AvgIpc) is 2.76. The van der Waals surface area contributed by atoms with E-state index in [-0.39, 0.29) is 5.56 Å². The largest absolute Gasteiger partial charge is 0.475 e. The normalized spacial score (nSPS) is 23.7. The molecule has 12 nitrogen and oxygen atoms in total. The number of ether oxygens (including phenoxy) is 6. The summed E-state index contributed by atoms with van der Waals surface area (Å²) in [5, 5.41) is 9.65. The van der Waals surface area contributed by atoms with E-state index in [2.05, 4.69) is 0 Å². The molecule has 1 aromatic carbocycles. The molecule has 0 aromatic heterocycles. The first-order valence-electron chi connectivity index (χ1n) is 10.6. The minimum atomic E-state index is -1.78. The molecule has 1 aromatic rings. The summed E-state index contributed by atoms with van der Waals surface area (Å²) in [6, 6.07) is 5.24. The molecule has 5 atom stereocenters. The smallest absolute Gasteiger partial charge is 0.371 e. The van der Waals surface area contributed by atoms with Gasteiger partial charge in [0.25, 0.3) is 0 Å². The number of halogens is 1. The Bertz CT molecular complexity index is 1040. The summed E-state index contributed by atoms with van der Waals surface area (Å²) in [6.45, 7) is 3.67. The maximum atomic E-state index is 14.1. The highest BCUT2D eigenvalue weighted by Gasteiger charge is 2.53. The first-order valence-corrected chi connectivity index (χ1v) is 10.6. The lowest BCUT2D eigenvalue weighted by Crippen LogP contribution is -2.63. The molecule has 0 unspecified atom stereocenters. The Morgan fingerprint density at radius 3 is 1.94 bits per heavy atom. The van der Waals surface area contributed by atoms with Crippen LogP contribution in [0, 0.1) is 5.82 Å². The third kappa shape index (κ3) is 8.05. The summed E-state index contributed by atoms with van der Waals surface area (Å²) in [5.74, 6) is -6.53. The van der Waals surface area contributed by atoms with Crippen molar-refractivity contribution in [1.82, 2.24) is 0 Å². The van der Waals surface area contributed by atoms with Gasteiger partial charge in [-0.3, -0.25) is 19.2 Å². The third-order valence-corrected chi connectivity index (χ3v) is 4.59. The molecule has 1 saturated heterocycles. The minimum absolute atomic E-state index is 0.138. The Kier molecular flexibility index (Phi) is 9.91. The molecular weight excluding hydrogens is 487 g/mol. The summed E-state index contributed by atoms with van der Waals surface area (Å²) < 4.78 is 45.8. The van der Waals surface area contributed by atoms with Crippen molar-refractivity contribution < 1.29 is 61.9 Å². The van der Waals surface area contributed by atoms with Gasteiger partial charge in [-0.15, -0.1) is 0 Å². The summed E-state index contributed by atoms with van der Waals surface area (Å²) in [4.78, 5) is 58.7. The van der Waals surface area contributed by atoms with E-state index in [1.807, 2.05) is 0 Å². The quantitative estimate of drug-likeness (QED) is 0.219. The maximum Gasteiger partial charge on any atom is 0.371 e. The SMILES string of the molecule is CC(=O)OC[C@@H]1O[C@H](O/C(=C\c2ccccc2F)C(=O)O)[C@@H](OC(C)=O)[C@H](OC(C)=O)[C@@H]1OC(C)=O. The molecule has 0 aliphatic carbocycles. The number of aliphatic carboxylic acids is 1. The number of benzene rings is 1. The van der Waals surface area contributed by atoms with Crippen molar-refractivity contribution in [2.75, 3.05) is 6.61 Å². The average molecular weight is 512 g/mol. The third-order valence-electron chi connectivity index (χ3n) is 4.59. The van der Waals surface area contributed by atoms with E-state index in [0.717, 1.165) is 39.8 Å². The maximum absolute atomic E-state index is 14.1. The second-order valence-electron chi connectivity index (χ2n) is 7.52. The molecule has 0 amide bonds. The van der Waals surface area contributed by atoms with E-state index in [0.29, 0.717) is 0 Å². The number of carboxylic acid groups (broad SMARTS) is 1. The molecule has 0 bridgehead atoms. The first-order chi connectivity index (χ1) is 16.9. The van der Waals surface area contributed by atoms with Crippen LogP contribution in [-0.2, 0) is 52.4 Å². The van der Waals surface area contributed by atoms with Gasteiger partial charge in [-0.1, -0.05) is 18.2 Å². The van der Waals surface area contributed by atoms with E-state index in [4.69, 9.17) is 28.4 Å². The number of hydrogen-bond acceptors (Lipinski definition) is 11. The number of hydrogen-bond donors (Lipinski definition) is 1. The molecular formula is C23H25FO12. The van der Waals surface area contributed by atoms with Gasteiger partial charge in [-0.05, 0) is 12.1 Å². The summed E-state index contributed by atoms with van der Waals surface area (Å²) in [5.41, 5.74) is -0.138. The van der Waals surface area contributed by atoms with Crippen molar-refractivity contribution in [3.05, 3.63) is 41.4 Å². The Morgan fingerprint density at radius 1 is 0.861 bits per heavy atom. The first kappa shape index (κ1) is 28.2. The Hall–Kier alpha value is -4.00. The number of rotatable bonds is 9. The summed E-state index contributed by atoms with van der Waals surface area (Å²) in [6.07, 6.45) is -6.90. The minimum Gasteiger partial charge on any atom is -0.475 e. The molecule has 0 saturated carbocycles. The summed E-state index contributed by atoms with van der Waals surface area (Å²) in [7, 11) is 0. The van der Waals surface area contributed by atoms with E-state index in [1.165, 1.54) is 18.2 Å². The fraction of sp³-hybridized carbons (Fsp3) is 0.435. The second kappa shape index (κ2) is 12.6. The second-order valence-corrected chi connectivity index (χ2v) is 7.52. The van der Waals surface area contributed by atoms with Crippen molar-refractivity contribution in [3.8, 4) is 0 Å². The van der Waals surface area contributed by atoms with Gasteiger partial charge < -0.3 is 33.5 Å². The summed E-state index contributed by atoms with van der Waals surface area (Å²) >= 11 is 0. The van der Waals surface area contributed by atoms with E-state index < -0.39 is 78.7 Å². The van der Waals surface area contributed by atoms with Crippen LogP contribution < -0.4 is 0 Å². The van der Waals surface area contributed by atoms with E-state index in [9.17, 15) is 33.5 Å². The number of carbonyl (C=O) groups is 5. The van der Waals surface area contributed by atoms with Crippen LogP contribution in [0.2, 0.25) is 0 Å².